The van der Waals surface area contributed by atoms with Crippen LogP contribution in [0.4, 0.5) is 5.69 Å². The van der Waals surface area contributed by atoms with E-state index in [1.54, 1.807) is 13.0 Å². The third-order valence-corrected chi connectivity index (χ3v) is 3.12. The Labute approximate surface area is 126 Å². The van der Waals surface area contributed by atoms with Gasteiger partial charge in [-0.3, -0.25) is 19.7 Å². The molecule has 1 aromatic rings. The fourth-order valence-corrected chi connectivity index (χ4v) is 2.10. The van der Waals surface area contributed by atoms with Gasteiger partial charge in [0.1, 0.15) is 5.57 Å². The molecule has 0 fully saturated rings. The number of hydrogen-bond acceptors (Lipinski definition) is 5. The highest BCUT2D eigenvalue weighted by Crippen LogP contribution is 2.23. The molecule has 0 radical (unpaired) electrons. The van der Waals surface area contributed by atoms with Crippen molar-refractivity contribution in [3.05, 3.63) is 57.0 Å². The third-order valence-electron chi connectivity index (χ3n) is 3.12. The maximum Gasteiger partial charge on any atom is 0.270 e. The highest BCUT2D eigenvalue weighted by molar-refractivity contribution is 6.22. The number of hydrogen-bond donors (Lipinski definition) is 2. The third kappa shape index (κ3) is 3.03. The summed E-state index contributed by atoms with van der Waals surface area (Å²) in [6.45, 7) is 1.79. The number of aliphatic hydroxyl groups excluding tert-OH is 1. The molecule has 2 rings (SSSR count). The van der Waals surface area contributed by atoms with Crippen LogP contribution < -0.4 is 5.32 Å². The summed E-state index contributed by atoms with van der Waals surface area (Å²) in [4.78, 5) is 33.8. The predicted molar refractivity (Wildman–Crippen MR) is 78.8 cm³/mol. The Morgan fingerprint density at radius 3 is 2.82 bits per heavy atom. The SMILES string of the molecule is CCCC(=O)C1=C(O)/C(=C\c2cccc([N+](=O)[O-])c2)NC1=O. The number of nitro groups is 1. The zero-order valence-electron chi connectivity index (χ0n) is 11.8. The lowest BCUT2D eigenvalue weighted by molar-refractivity contribution is -0.384. The molecule has 0 aromatic heterocycles. The number of carbonyl (C=O) groups is 2. The van der Waals surface area contributed by atoms with Crippen LogP contribution in [0.15, 0.2) is 41.3 Å². The average Bonchev–Trinajstić information content (AvgIpc) is 2.74. The minimum absolute atomic E-state index is 0.0601. The van der Waals surface area contributed by atoms with Crippen molar-refractivity contribution in [2.75, 3.05) is 0 Å². The Balaban J connectivity index is 2.37. The van der Waals surface area contributed by atoms with Gasteiger partial charge in [-0.15, -0.1) is 0 Å². The lowest BCUT2D eigenvalue weighted by atomic mass is 10.1. The second kappa shape index (κ2) is 6.21. The number of nitrogens with zero attached hydrogens (tertiary/aromatic N) is 1. The molecule has 2 N–H and O–H groups in total. The molecule has 0 saturated heterocycles. The van der Waals surface area contributed by atoms with Gasteiger partial charge in [0.25, 0.3) is 11.6 Å². The van der Waals surface area contributed by atoms with Gasteiger partial charge in [0.05, 0.1) is 10.6 Å². The van der Waals surface area contributed by atoms with Crippen LogP contribution in [0.1, 0.15) is 25.3 Å². The Morgan fingerprint density at radius 1 is 1.45 bits per heavy atom. The fraction of sp³-hybridized carbons (Fsp3) is 0.200. The topological polar surface area (TPSA) is 110 Å². The molecule has 1 aromatic carbocycles. The van der Waals surface area contributed by atoms with Crippen molar-refractivity contribution in [2.45, 2.75) is 19.8 Å². The largest absolute Gasteiger partial charge is 0.505 e. The lowest BCUT2D eigenvalue weighted by Gasteiger charge is -2.00. The fourth-order valence-electron chi connectivity index (χ4n) is 2.10. The van der Waals surface area contributed by atoms with Gasteiger partial charge in [-0.1, -0.05) is 19.1 Å². The summed E-state index contributed by atoms with van der Waals surface area (Å²) in [5.41, 5.74) is 0.119. The van der Waals surface area contributed by atoms with Crippen molar-refractivity contribution in [3.8, 4) is 0 Å². The molecule has 22 heavy (non-hydrogen) atoms. The molecule has 1 amide bonds. The smallest absolute Gasteiger partial charge is 0.270 e. The first-order chi connectivity index (χ1) is 10.4. The molecule has 1 aliphatic heterocycles. The zero-order valence-corrected chi connectivity index (χ0v) is 11.8. The summed E-state index contributed by atoms with van der Waals surface area (Å²) in [6.07, 6.45) is 2.11. The number of aliphatic hydroxyl groups is 1. The molecule has 7 nitrogen and oxygen atoms in total. The van der Waals surface area contributed by atoms with Gasteiger partial charge in [-0.25, -0.2) is 0 Å². The van der Waals surface area contributed by atoms with Crippen molar-refractivity contribution in [1.82, 2.24) is 5.32 Å². The zero-order chi connectivity index (χ0) is 16.3. The molecule has 7 heteroatoms. The molecule has 0 aliphatic carbocycles. The molecule has 1 heterocycles. The number of amides is 1. The summed E-state index contributed by atoms with van der Waals surface area (Å²) in [6, 6.07) is 5.72. The first-order valence-corrected chi connectivity index (χ1v) is 6.68. The van der Waals surface area contributed by atoms with Crippen molar-refractivity contribution in [2.24, 2.45) is 0 Å². The van der Waals surface area contributed by atoms with Crippen molar-refractivity contribution >= 4 is 23.5 Å². The van der Waals surface area contributed by atoms with E-state index in [4.69, 9.17) is 0 Å². The molecule has 114 valence electrons. The number of ketones is 1. The quantitative estimate of drug-likeness (QED) is 0.492. The highest BCUT2D eigenvalue weighted by atomic mass is 16.6. The minimum atomic E-state index is -0.660. The van der Waals surface area contributed by atoms with Gasteiger partial charge < -0.3 is 10.4 Å². The van der Waals surface area contributed by atoms with Crippen LogP contribution >= 0.6 is 0 Å². The predicted octanol–water partition coefficient (Wildman–Crippen LogP) is 2.25. The summed E-state index contributed by atoms with van der Waals surface area (Å²) in [5, 5.41) is 23.2. The number of benzene rings is 1. The second-order valence-corrected chi connectivity index (χ2v) is 4.76. The van der Waals surface area contributed by atoms with Crippen LogP contribution in [-0.2, 0) is 9.59 Å². The molecule has 0 saturated carbocycles. The van der Waals surface area contributed by atoms with Gasteiger partial charge in [0.2, 0.25) is 0 Å². The van der Waals surface area contributed by atoms with Gasteiger partial charge in [-0.05, 0) is 18.1 Å². The lowest BCUT2D eigenvalue weighted by Crippen LogP contribution is -2.20. The monoisotopic (exact) mass is 302 g/mol. The Kier molecular flexibility index (Phi) is 4.36. The van der Waals surface area contributed by atoms with Gasteiger partial charge >= 0.3 is 0 Å². The summed E-state index contributed by atoms with van der Waals surface area (Å²) in [7, 11) is 0. The van der Waals surface area contributed by atoms with E-state index >= 15 is 0 Å². The average molecular weight is 302 g/mol. The normalized spacial score (nSPS) is 16.0. The number of carbonyl (C=O) groups excluding carboxylic acids is 2. The molecular formula is C15H14N2O5. The Bertz CT molecular complexity index is 718. The first-order valence-electron chi connectivity index (χ1n) is 6.68. The molecule has 0 spiro atoms. The van der Waals surface area contributed by atoms with Gasteiger partial charge in [0, 0.05) is 18.6 Å². The standard InChI is InChI=1S/C15H14N2O5/c1-2-4-12(18)13-14(19)11(16-15(13)20)8-9-5-3-6-10(7-9)17(21)22/h3,5-8,19H,2,4H2,1H3,(H,16,20)/b11-8+. The van der Waals surface area contributed by atoms with E-state index in [0.29, 0.717) is 12.0 Å². The van der Waals surface area contributed by atoms with Crippen molar-refractivity contribution in [3.63, 3.8) is 0 Å². The number of non-ortho nitro benzene ring substituents is 1. The van der Waals surface area contributed by atoms with E-state index in [2.05, 4.69) is 5.32 Å². The number of Topliss-reactive ketones (excluding diaryl/α,β-unsaturated/α-hetero) is 1. The number of nitro benzene ring substituents is 1. The summed E-state index contributed by atoms with van der Waals surface area (Å²) >= 11 is 0. The van der Waals surface area contributed by atoms with E-state index in [-0.39, 0.29) is 23.4 Å². The van der Waals surface area contributed by atoms with E-state index in [0.717, 1.165) is 0 Å². The van der Waals surface area contributed by atoms with Gasteiger partial charge in [-0.2, -0.15) is 0 Å². The minimum Gasteiger partial charge on any atom is -0.505 e. The van der Waals surface area contributed by atoms with Crippen molar-refractivity contribution < 1.29 is 19.6 Å². The molecule has 0 atom stereocenters. The van der Waals surface area contributed by atoms with E-state index < -0.39 is 22.4 Å². The van der Waals surface area contributed by atoms with Crippen molar-refractivity contribution in [1.29, 1.82) is 0 Å². The maximum atomic E-state index is 11.8. The van der Waals surface area contributed by atoms with Crippen LogP contribution in [0.2, 0.25) is 0 Å². The van der Waals surface area contributed by atoms with Crippen LogP contribution in [0.25, 0.3) is 6.08 Å². The number of nitrogens with one attached hydrogen (secondary N) is 1. The Morgan fingerprint density at radius 2 is 2.18 bits per heavy atom. The Hall–Kier alpha value is -2.96. The molecule has 0 bridgehead atoms. The first kappa shape index (κ1) is 15.4. The maximum absolute atomic E-state index is 11.8. The van der Waals surface area contributed by atoms with E-state index in [1.807, 2.05) is 0 Å². The number of rotatable bonds is 5. The second-order valence-electron chi connectivity index (χ2n) is 4.76. The molecule has 0 unspecified atom stereocenters. The summed E-state index contributed by atoms with van der Waals surface area (Å²) < 4.78 is 0. The van der Waals surface area contributed by atoms with Crippen LogP contribution in [-0.4, -0.2) is 21.7 Å². The molecular weight excluding hydrogens is 288 g/mol. The summed E-state index contributed by atoms with van der Waals surface area (Å²) in [5.74, 6) is -1.51. The van der Waals surface area contributed by atoms with E-state index in [1.165, 1.54) is 24.3 Å². The van der Waals surface area contributed by atoms with Crippen LogP contribution in [0.5, 0.6) is 0 Å². The van der Waals surface area contributed by atoms with E-state index in [9.17, 15) is 24.8 Å². The highest BCUT2D eigenvalue weighted by Gasteiger charge is 2.31. The molecule has 1 aliphatic rings. The van der Waals surface area contributed by atoms with Gasteiger partial charge in [0.15, 0.2) is 11.5 Å². The van der Waals surface area contributed by atoms with Crippen LogP contribution in [0.3, 0.4) is 0 Å². The van der Waals surface area contributed by atoms with Crippen LogP contribution in [0, 0.1) is 10.1 Å².